The van der Waals surface area contributed by atoms with Crippen LogP contribution in [0.5, 0.6) is 11.5 Å². The highest BCUT2D eigenvalue weighted by molar-refractivity contribution is 5.82. The van der Waals surface area contributed by atoms with Gasteiger partial charge in [0, 0.05) is 6.07 Å². The Bertz CT molecular complexity index is 1220. The molecule has 3 atom stereocenters. The van der Waals surface area contributed by atoms with Crippen LogP contribution in [-0.2, 0) is 4.74 Å². The summed E-state index contributed by atoms with van der Waals surface area (Å²) in [5.74, 6) is -1.26. The number of aliphatic hydroxyl groups excluding tert-OH is 3. The second kappa shape index (κ2) is 8.09. The zero-order chi connectivity index (χ0) is 22.1. The summed E-state index contributed by atoms with van der Waals surface area (Å²) in [5.41, 5.74) is 0.783. The number of phenolic OH excluding ortho intramolecular Hbond substituents is 1. The standard InChI is InChI=1S/C21H17NO9/c23-11-3-1-10(2-4-11)14-9-29-15-7-12(5-6-13(15)17(14)24)30-21-20(27)19(26)18(25)16(31-21)8-22-28/h1-7,9,16,20-21,23,25-27H,8H2. The first-order valence-electron chi connectivity index (χ1n) is 9.15. The number of hydrogen-bond acceptors (Lipinski definition) is 10. The van der Waals surface area contributed by atoms with Gasteiger partial charge in [0.05, 0.1) is 10.9 Å². The van der Waals surface area contributed by atoms with Gasteiger partial charge in [-0.15, -0.1) is 0 Å². The topological polar surface area (TPSA) is 159 Å². The van der Waals surface area contributed by atoms with Crippen molar-refractivity contribution in [2.75, 3.05) is 6.54 Å². The first-order chi connectivity index (χ1) is 14.9. The SMILES string of the molecule is O=NCC1OC(Oc2ccc3c(=O)c(-c4ccc(O)cc4)coc3c2)C(O)C(O)=C1O. The van der Waals surface area contributed by atoms with Crippen molar-refractivity contribution in [3.63, 3.8) is 0 Å². The van der Waals surface area contributed by atoms with E-state index >= 15 is 0 Å². The van der Waals surface area contributed by atoms with Crippen molar-refractivity contribution in [2.45, 2.75) is 18.5 Å². The van der Waals surface area contributed by atoms with Gasteiger partial charge < -0.3 is 34.3 Å². The maximum atomic E-state index is 12.8. The highest BCUT2D eigenvalue weighted by Gasteiger charge is 2.39. The molecule has 0 spiro atoms. The Labute approximate surface area is 174 Å². The predicted octanol–water partition coefficient (Wildman–Crippen LogP) is 2.72. The number of hydrogen-bond donors (Lipinski definition) is 4. The molecule has 10 heteroatoms. The molecule has 2 aromatic carbocycles. The molecule has 0 saturated heterocycles. The quantitative estimate of drug-likeness (QED) is 0.449. The normalized spacial score (nSPS) is 21.3. The van der Waals surface area contributed by atoms with Gasteiger partial charge >= 0.3 is 0 Å². The number of nitroso groups, excluding NO2 is 1. The Hall–Kier alpha value is -3.89. The molecule has 160 valence electrons. The Balaban J connectivity index is 1.63. The number of aromatic hydroxyl groups is 1. The number of fused-ring (bicyclic) bond motifs is 1. The van der Waals surface area contributed by atoms with Crippen LogP contribution in [0.25, 0.3) is 22.1 Å². The fourth-order valence-electron chi connectivity index (χ4n) is 3.19. The summed E-state index contributed by atoms with van der Waals surface area (Å²) >= 11 is 0. The summed E-state index contributed by atoms with van der Waals surface area (Å²) in [6.45, 7) is -0.491. The molecule has 31 heavy (non-hydrogen) atoms. The maximum Gasteiger partial charge on any atom is 0.234 e. The maximum absolute atomic E-state index is 12.8. The fraction of sp³-hybridized carbons (Fsp3) is 0.190. The van der Waals surface area contributed by atoms with E-state index in [9.17, 15) is 30.1 Å². The van der Waals surface area contributed by atoms with Crippen LogP contribution < -0.4 is 10.2 Å². The minimum absolute atomic E-state index is 0.0724. The zero-order valence-electron chi connectivity index (χ0n) is 15.8. The highest BCUT2D eigenvalue weighted by Crippen LogP contribution is 2.28. The first kappa shape index (κ1) is 20.4. The van der Waals surface area contributed by atoms with Crippen LogP contribution in [0.1, 0.15) is 0 Å². The molecule has 0 fully saturated rings. The molecule has 1 aromatic heterocycles. The van der Waals surface area contributed by atoms with Crippen molar-refractivity contribution in [2.24, 2.45) is 5.18 Å². The molecule has 1 aliphatic rings. The van der Waals surface area contributed by atoms with Gasteiger partial charge in [-0.2, -0.15) is 4.91 Å². The summed E-state index contributed by atoms with van der Waals surface area (Å²) in [7, 11) is 0. The fourth-order valence-corrected chi connectivity index (χ4v) is 3.19. The van der Waals surface area contributed by atoms with Gasteiger partial charge in [0.15, 0.2) is 23.1 Å². The molecule has 0 radical (unpaired) electrons. The minimum atomic E-state index is -1.71. The summed E-state index contributed by atoms with van der Waals surface area (Å²) in [6, 6.07) is 10.4. The van der Waals surface area contributed by atoms with E-state index in [2.05, 4.69) is 5.18 Å². The molecule has 10 nitrogen and oxygen atoms in total. The number of nitrogens with zero attached hydrogens (tertiary/aromatic N) is 1. The van der Waals surface area contributed by atoms with E-state index in [1.807, 2.05) is 0 Å². The molecule has 2 heterocycles. The molecule has 1 aliphatic heterocycles. The third-order valence-electron chi connectivity index (χ3n) is 4.82. The molecular formula is C21H17NO9. The largest absolute Gasteiger partial charge is 0.508 e. The molecule has 0 amide bonds. The average molecular weight is 427 g/mol. The predicted molar refractivity (Wildman–Crippen MR) is 108 cm³/mol. The smallest absolute Gasteiger partial charge is 0.234 e. The van der Waals surface area contributed by atoms with Crippen molar-refractivity contribution in [1.82, 2.24) is 0 Å². The van der Waals surface area contributed by atoms with E-state index in [0.29, 0.717) is 11.1 Å². The van der Waals surface area contributed by atoms with E-state index in [-0.39, 0.29) is 27.9 Å². The van der Waals surface area contributed by atoms with Crippen LogP contribution in [0.15, 0.2) is 74.6 Å². The second-order valence-corrected chi connectivity index (χ2v) is 6.82. The third kappa shape index (κ3) is 3.81. The zero-order valence-corrected chi connectivity index (χ0v) is 15.8. The summed E-state index contributed by atoms with van der Waals surface area (Å²) in [4.78, 5) is 23.3. The van der Waals surface area contributed by atoms with Crippen molar-refractivity contribution >= 4 is 11.0 Å². The summed E-state index contributed by atoms with van der Waals surface area (Å²) < 4.78 is 16.4. The molecule has 0 saturated carbocycles. The Morgan fingerprint density at radius 2 is 1.77 bits per heavy atom. The van der Waals surface area contributed by atoms with Gasteiger partial charge in [0.2, 0.25) is 6.29 Å². The molecule has 3 aromatic rings. The van der Waals surface area contributed by atoms with Crippen molar-refractivity contribution in [3.05, 3.63) is 75.4 Å². The highest BCUT2D eigenvalue weighted by atomic mass is 16.7. The minimum Gasteiger partial charge on any atom is -0.508 e. The molecule has 0 bridgehead atoms. The van der Waals surface area contributed by atoms with Gasteiger partial charge in [-0.3, -0.25) is 4.79 Å². The van der Waals surface area contributed by atoms with Gasteiger partial charge in [-0.05, 0) is 29.8 Å². The van der Waals surface area contributed by atoms with Gasteiger partial charge in [-0.1, -0.05) is 17.3 Å². The molecular weight excluding hydrogens is 410 g/mol. The van der Waals surface area contributed by atoms with Gasteiger partial charge in [0.1, 0.15) is 36.0 Å². The van der Waals surface area contributed by atoms with E-state index in [1.165, 1.54) is 36.6 Å². The van der Waals surface area contributed by atoms with Gasteiger partial charge in [0.25, 0.3) is 0 Å². The van der Waals surface area contributed by atoms with Crippen LogP contribution >= 0.6 is 0 Å². The Kier molecular flexibility index (Phi) is 5.32. The van der Waals surface area contributed by atoms with Crippen LogP contribution in [0.2, 0.25) is 0 Å². The van der Waals surface area contributed by atoms with Crippen LogP contribution in [-0.4, -0.2) is 45.5 Å². The monoisotopic (exact) mass is 427 g/mol. The second-order valence-electron chi connectivity index (χ2n) is 6.82. The molecule has 0 aliphatic carbocycles. The van der Waals surface area contributed by atoms with Crippen molar-refractivity contribution in [1.29, 1.82) is 0 Å². The van der Waals surface area contributed by atoms with Gasteiger partial charge in [-0.25, -0.2) is 0 Å². The summed E-state index contributed by atoms with van der Waals surface area (Å²) in [6.07, 6.45) is -3.13. The number of benzene rings is 2. The van der Waals surface area contributed by atoms with E-state index < -0.39 is 36.6 Å². The molecule has 4 N–H and O–H groups in total. The molecule has 4 rings (SSSR count). The summed E-state index contributed by atoms with van der Waals surface area (Å²) in [5, 5.41) is 42.0. The lowest BCUT2D eigenvalue weighted by molar-refractivity contribution is -0.182. The van der Waals surface area contributed by atoms with Crippen molar-refractivity contribution in [3.8, 4) is 22.6 Å². The number of aliphatic hydroxyl groups is 3. The van der Waals surface area contributed by atoms with E-state index in [4.69, 9.17) is 13.9 Å². The number of rotatable bonds is 5. The lowest BCUT2D eigenvalue weighted by Gasteiger charge is -2.32. The third-order valence-corrected chi connectivity index (χ3v) is 4.82. The number of ether oxygens (including phenoxy) is 2. The van der Waals surface area contributed by atoms with E-state index in [1.54, 1.807) is 12.1 Å². The number of phenols is 1. The van der Waals surface area contributed by atoms with Crippen LogP contribution in [0.3, 0.4) is 0 Å². The lowest BCUT2D eigenvalue weighted by Crippen LogP contribution is -2.45. The lowest BCUT2D eigenvalue weighted by atomic mass is 10.1. The Morgan fingerprint density at radius 3 is 2.48 bits per heavy atom. The van der Waals surface area contributed by atoms with E-state index in [0.717, 1.165) is 0 Å². The van der Waals surface area contributed by atoms with Crippen molar-refractivity contribution < 1.29 is 34.3 Å². The first-order valence-corrected chi connectivity index (χ1v) is 9.15. The Morgan fingerprint density at radius 1 is 1.03 bits per heavy atom. The van der Waals surface area contributed by atoms with Crippen LogP contribution in [0.4, 0.5) is 0 Å². The molecule has 3 unspecified atom stereocenters. The average Bonchev–Trinajstić information content (AvgIpc) is 2.77. The van der Waals surface area contributed by atoms with Crippen LogP contribution in [0, 0.1) is 4.91 Å².